The lowest BCUT2D eigenvalue weighted by Crippen LogP contribution is -2.49. The van der Waals surface area contributed by atoms with E-state index in [4.69, 9.17) is 0 Å². The molecule has 1 fully saturated rings. The smallest absolute Gasteiger partial charge is 0.257 e. The Hall–Kier alpha value is -2.80. The third-order valence-electron chi connectivity index (χ3n) is 6.31. The van der Waals surface area contributed by atoms with Crippen molar-refractivity contribution in [1.29, 1.82) is 0 Å². The molecule has 0 spiro atoms. The summed E-state index contributed by atoms with van der Waals surface area (Å²) in [6, 6.07) is 10.8. The molecule has 7 heteroatoms. The van der Waals surface area contributed by atoms with E-state index in [9.17, 15) is 18.4 Å². The number of hydrogen-bond donors (Lipinski definition) is 2. The number of benzene rings is 2. The first-order valence-corrected chi connectivity index (χ1v) is 11.6. The van der Waals surface area contributed by atoms with Crippen molar-refractivity contribution in [1.82, 2.24) is 15.5 Å². The predicted octanol–water partition coefficient (Wildman–Crippen LogP) is 4.41. The summed E-state index contributed by atoms with van der Waals surface area (Å²) in [6.07, 6.45) is 3.65. The standard InChI is InChI=1S/C26H33F2N3O2/c1-17(2)24(30-25(32)23-21(27)12-8-13-22(23)28)26(33)29-15-19-10-4-5-11-20(19)16-31-14-7-6-9-18(31)3/h4-5,8,10-13,17-18,24H,6-7,9,14-16H2,1-3H3,(H,29,33)(H,30,32). The van der Waals surface area contributed by atoms with Gasteiger partial charge in [0.1, 0.15) is 23.2 Å². The fourth-order valence-corrected chi connectivity index (χ4v) is 4.25. The highest BCUT2D eigenvalue weighted by Gasteiger charge is 2.27. The van der Waals surface area contributed by atoms with Gasteiger partial charge in [-0.2, -0.15) is 0 Å². The van der Waals surface area contributed by atoms with Gasteiger partial charge in [-0.25, -0.2) is 8.78 Å². The van der Waals surface area contributed by atoms with Gasteiger partial charge in [-0.05, 0) is 55.5 Å². The summed E-state index contributed by atoms with van der Waals surface area (Å²) in [5, 5.41) is 5.39. The Morgan fingerprint density at radius 3 is 2.33 bits per heavy atom. The van der Waals surface area contributed by atoms with Crippen LogP contribution in [0.5, 0.6) is 0 Å². The van der Waals surface area contributed by atoms with Gasteiger partial charge in [0.25, 0.3) is 5.91 Å². The normalized spacial score (nSPS) is 17.6. The molecule has 0 bridgehead atoms. The summed E-state index contributed by atoms with van der Waals surface area (Å²) < 4.78 is 28.0. The van der Waals surface area contributed by atoms with Gasteiger partial charge in [0, 0.05) is 19.1 Å². The van der Waals surface area contributed by atoms with Crippen molar-refractivity contribution in [3.05, 3.63) is 70.8 Å². The number of amides is 2. The van der Waals surface area contributed by atoms with Crippen LogP contribution in [0.1, 0.15) is 61.5 Å². The maximum Gasteiger partial charge on any atom is 0.257 e. The van der Waals surface area contributed by atoms with Gasteiger partial charge in [-0.15, -0.1) is 0 Å². The molecule has 1 heterocycles. The lowest BCUT2D eigenvalue weighted by Gasteiger charge is -2.33. The molecule has 2 atom stereocenters. The Balaban J connectivity index is 1.66. The Kier molecular flexibility index (Phi) is 8.55. The monoisotopic (exact) mass is 457 g/mol. The zero-order chi connectivity index (χ0) is 24.0. The van der Waals surface area contributed by atoms with E-state index < -0.39 is 35.1 Å². The zero-order valence-electron chi connectivity index (χ0n) is 19.5. The largest absolute Gasteiger partial charge is 0.350 e. The Morgan fingerprint density at radius 2 is 1.70 bits per heavy atom. The number of hydrogen-bond acceptors (Lipinski definition) is 3. The van der Waals surface area contributed by atoms with E-state index in [0.29, 0.717) is 12.6 Å². The van der Waals surface area contributed by atoms with Crippen LogP contribution in [-0.4, -0.2) is 35.3 Å². The van der Waals surface area contributed by atoms with Crippen molar-refractivity contribution >= 4 is 11.8 Å². The van der Waals surface area contributed by atoms with Crippen LogP contribution in [0.3, 0.4) is 0 Å². The van der Waals surface area contributed by atoms with Crippen LogP contribution < -0.4 is 10.6 Å². The predicted molar refractivity (Wildman–Crippen MR) is 124 cm³/mol. The first-order chi connectivity index (χ1) is 15.8. The Morgan fingerprint density at radius 1 is 1.03 bits per heavy atom. The molecule has 5 nitrogen and oxygen atoms in total. The summed E-state index contributed by atoms with van der Waals surface area (Å²) in [7, 11) is 0. The minimum atomic E-state index is -0.962. The number of nitrogens with one attached hydrogen (secondary N) is 2. The second kappa shape index (κ2) is 11.4. The number of carbonyl (C=O) groups excluding carboxylic acids is 2. The van der Waals surface area contributed by atoms with Crippen molar-refractivity contribution in [3.63, 3.8) is 0 Å². The molecule has 3 rings (SSSR count). The van der Waals surface area contributed by atoms with Gasteiger partial charge in [0.05, 0.1) is 0 Å². The second-order valence-corrected chi connectivity index (χ2v) is 9.09. The SMILES string of the molecule is CC(C)C(NC(=O)c1c(F)cccc1F)C(=O)NCc1ccccc1CN1CCCCC1C. The third-order valence-corrected chi connectivity index (χ3v) is 6.31. The van der Waals surface area contributed by atoms with E-state index in [1.807, 2.05) is 18.2 Å². The first kappa shape index (κ1) is 24.8. The van der Waals surface area contributed by atoms with Gasteiger partial charge in [-0.3, -0.25) is 14.5 Å². The van der Waals surface area contributed by atoms with E-state index in [1.54, 1.807) is 13.8 Å². The molecule has 0 aromatic heterocycles. The highest BCUT2D eigenvalue weighted by molar-refractivity contribution is 5.98. The maximum absolute atomic E-state index is 14.0. The van der Waals surface area contributed by atoms with E-state index in [1.165, 1.54) is 25.3 Å². The average molecular weight is 458 g/mol. The molecule has 0 radical (unpaired) electrons. The molecule has 2 N–H and O–H groups in total. The number of nitrogens with zero attached hydrogens (tertiary/aromatic N) is 1. The minimum absolute atomic E-state index is 0.270. The van der Waals surface area contributed by atoms with Crippen molar-refractivity contribution in [3.8, 4) is 0 Å². The number of rotatable bonds is 8. The fourth-order valence-electron chi connectivity index (χ4n) is 4.25. The van der Waals surface area contributed by atoms with Crippen LogP contribution in [0, 0.1) is 17.6 Å². The summed E-state index contributed by atoms with van der Waals surface area (Å²) in [4.78, 5) is 27.9. The van der Waals surface area contributed by atoms with Gasteiger partial charge in [0.15, 0.2) is 0 Å². The molecule has 2 unspecified atom stereocenters. The van der Waals surface area contributed by atoms with Gasteiger partial charge >= 0.3 is 0 Å². The quantitative estimate of drug-likeness (QED) is 0.617. The molecule has 1 aliphatic heterocycles. The number of carbonyl (C=O) groups is 2. The Labute approximate surface area is 194 Å². The van der Waals surface area contributed by atoms with Crippen molar-refractivity contribution in [2.45, 2.75) is 65.2 Å². The van der Waals surface area contributed by atoms with Gasteiger partial charge in [-0.1, -0.05) is 50.6 Å². The van der Waals surface area contributed by atoms with Crippen molar-refractivity contribution in [2.24, 2.45) is 5.92 Å². The summed E-state index contributed by atoms with van der Waals surface area (Å²) in [5.74, 6) is -3.53. The molecule has 2 aromatic rings. The average Bonchev–Trinajstić information content (AvgIpc) is 2.78. The molecule has 1 saturated heterocycles. The molecule has 178 valence electrons. The van der Waals surface area contributed by atoms with E-state index >= 15 is 0 Å². The lowest BCUT2D eigenvalue weighted by atomic mass is 10.00. The molecule has 2 aromatic carbocycles. The number of halogens is 2. The van der Waals surface area contributed by atoms with Crippen LogP contribution in [0.2, 0.25) is 0 Å². The summed E-state index contributed by atoms with van der Waals surface area (Å²) in [6.45, 7) is 7.99. The van der Waals surface area contributed by atoms with Crippen LogP contribution in [0.4, 0.5) is 8.78 Å². The van der Waals surface area contributed by atoms with Crippen molar-refractivity contribution < 1.29 is 18.4 Å². The lowest BCUT2D eigenvalue weighted by molar-refractivity contribution is -0.124. The van der Waals surface area contributed by atoms with Crippen LogP contribution in [-0.2, 0) is 17.9 Å². The van der Waals surface area contributed by atoms with Gasteiger partial charge < -0.3 is 10.6 Å². The summed E-state index contributed by atoms with van der Waals surface area (Å²) in [5.41, 5.74) is 1.49. The summed E-state index contributed by atoms with van der Waals surface area (Å²) >= 11 is 0. The van der Waals surface area contributed by atoms with E-state index in [0.717, 1.165) is 36.3 Å². The molecule has 2 amide bonds. The molecule has 33 heavy (non-hydrogen) atoms. The first-order valence-electron chi connectivity index (χ1n) is 11.6. The van der Waals surface area contributed by atoms with Crippen LogP contribution in [0.15, 0.2) is 42.5 Å². The highest BCUT2D eigenvalue weighted by Crippen LogP contribution is 2.21. The molecule has 0 aliphatic carbocycles. The van der Waals surface area contributed by atoms with Crippen LogP contribution in [0.25, 0.3) is 0 Å². The molecular formula is C26H33F2N3O2. The van der Waals surface area contributed by atoms with Gasteiger partial charge in [0.2, 0.25) is 5.91 Å². The third kappa shape index (κ3) is 6.38. The zero-order valence-corrected chi connectivity index (χ0v) is 19.5. The van der Waals surface area contributed by atoms with E-state index in [-0.39, 0.29) is 5.92 Å². The minimum Gasteiger partial charge on any atom is -0.350 e. The number of likely N-dealkylation sites (tertiary alicyclic amines) is 1. The van der Waals surface area contributed by atoms with E-state index in [2.05, 4.69) is 28.5 Å². The fraction of sp³-hybridized carbons (Fsp3) is 0.462. The topological polar surface area (TPSA) is 61.4 Å². The second-order valence-electron chi connectivity index (χ2n) is 9.09. The van der Waals surface area contributed by atoms with Crippen molar-refractivity contribution in [2.75, 3.05) is 6.54 Å². The Bertz CT molecular complexity index is 960. The molecular weight excluding hydrogens is 424 g/mol. The number of piperidine rings is 1. The maximum atomic E-state index is 14.0. The highest BCUT2D eigenvalue weighted by atomic mass is 19.1. The molecule has 1 aliphatic rings. The van der Waals surface area contributed by atoms with Crippen LogP contribution >= 0.6 is 0 Å². The molecule has 0 saturated carbocycles.